The van der Waals surface area contributed by atoms with Crippen LogP contribution >= 0.6 is 0 Å². The van der Waals surface area contributed by atoms with Crippen molar-refractivity contribution in [2.24, 2.45) is 5.73 Å². The van der Waals surface area contributed by atoms with Gasteiger partial charge in [0.2, 0.25) is 5.91 Å². The maximum Gasteiger partial charge on any atom is 0.300 e. The minimum Gasteiger partial charge on any atom is -0.423 e. The van der Waals surface area contributed by atoms with Crippen LogP contribution in [0.25, 0.3) is 11.1 Å². The highest BCUT2D eigenvalue weighted by Gasteiger charge is 2.05. The molecule has 0 aliphatic rings. The van der Waals surface area contributed by atoms with Gasteiger partial charge in [0.15, 0.2) is 5.58 Å². The Hall–Kier alpha value is -2.82. The summed E-state index contributed by atoms with van der Waals surface area (Å²) >= 11 is 0. The van der Waals surface area contributed by atoms with Gasteiger partial charge in [-0.2, -0.15) is 4.98 Å². The molecule has 1 aromatic heterocycles. The third-order valence-corrected chi connectivity index (χ3v) is 2.88. The molecule has 0 unspecified atom stereocenters. The molecule has 2 aromatic carbocycles. The van der Waals surface area contributed by atoms with Crippen molar-refractivity contribution in [3.63, 3.8) is 0 Å². The topological polar surface area (TPSA) is 81.2 Å². The number of hydrogen-bond acceptors (Lipinski definition) is 4. The van der Waals surface area contributed by atoms with Gasteiger partial charge < -0.3 is 15.5 Å². The fraction of sp³-hybridized carbons (Fsp3) is 0.0667. The van der Waals surface area contributed by atoms with Crippen molar-refractivity contribution in [3.05, 3.63) is 54.1 Å². The smallest absolute Gasteiger partial charge is 0.300 e. The van der Waals surface area contributed by atoms with Crippen molar-refractivity contribution >= 4 is 28.7 Å². The molecule has 3 rings (SSSR count). The van der Waals surface area contributed by atoms with E-state index in [0.29, 0.717) is 6.01 Å². The van der Waals surface area contributed by atoms with Crippen LogP contribution in [0, 0.1) is 0 Å². The number of aromatic nitrogens is 1. The van der Waals surface area contributed by atoms with Gasteiger partial charge in [-0.25, -0.2) is 0 Å². The maximum atomic E-state index is 10.8. The molecule has 1 amide bonds. The highest BCUT2D eigenvalue weighted by atomic mass is 16.4. The van der Waals surface area contributed by atoms with E-state index < -0.39 is 0 Å². The van der Waals surface area contributed by atoms with E-state index in [9.17, 15) is 4.79 Å². The fourth-order valence-corrected chi connectivity index (χ4v) is 1.96. The number of nitrogens with two attached hydrogens (primary N) is 1. The summed E-state index contributed by atoms with van der Waals surface area (Å²) in [5.74, 6) is -0.343. The summed E-state index contributed by atoms with van der Waals surface area (Å²) in [6, 6.07) is 15.4. The van der Waals surface area contributed by atoms with Gasteiger partial charge in [0.1, 0.15) is 5.52 Å². The van der Waals surface area contributed by atoms with Crippen LogP contribution in [0.4, 0.5) is 11.7 Å². The van der Waals surface area contributed by atoms with Gasteiger partial charge in [0, 0.05) is 5.69 Å². The molecule has 1 heterocycles. The molecule has 5 heteroatoms. The third kappa shape index (κ3) is 2.61. The van der Waals surface area contributed by atoms with Crippen LogP contribution in [0.1, 0.15) is 5.56 Å². The van der Waals surface area contributed by atoms with Crippen molar-refractivity contribution in [3.8, 4) is 0 Å². The lowest BCUT2D eigenvalue weighted by Gasteiger charge is -2.02. The lowest BCUT2D eigenvalue weighted by Crippen LogP contribution is -2.13. The fourth-order valence-electron chi connectivity index (χ4n) is 1.96. The number of amides is 1. The van der Waals surface area contributed by atoms with Gasteiger partial charge in [-0.1, -0.05) is 24.3 Å². The first-order valence-corrected chi connectivity index (χ1v) is 6.20. The van der Waals surface area contributed by atoms with Crippen molar-refractivity contribution in [2.75, 3.05) is 5.32 Å². The molecule has 0 spiro atoms. The van der Waals surface area contributed by atoms with E-state index >= 15 is 0 Å². The predicted molar refractivity (Wildman–Crippen MR) is 76.6 cm³/mol. The Morgan fingerprint density at radius 2 is 1.90 bits per heavy atom. The average Bonchev–Trinajstić information content (AvgIpc) is 2.82. The number of nitrogens with zero attached hydrogens (tertiary/aromatic N) is 1. The van der Waals surface area contributed by atoms with Crippen molar-refractivity contribution in [1.82, 2.24) is 4.98 Å². The van der Waals surface area contributed by atoms with Crippen molar-refractivity contribution in [2.45, 2.75) is 6.42 Å². The van der Waals surface area contributed by atoms with E-state index in [1.54, 1.807) is 0 Å². The Morgan fingerprint density at radius 3 is 2.60 bits per heavy atom. The van der Waals surface area contributed by atoms with Gasteiger partial charge >= 0.3 is 0 Å². The molecule has 0 bridgehead atoms. The minimum absolute atomic E-state index is 0.239. The second-order valence-electron chi connectivity index (χ2n) is 4.45. The van der Waals surface area contributed by atoms with Crippen LogP contribution in [0.3, 0.4) is 0 Å². The summed E-state index contributed by atoms with van der Waals surface area (Å²) in [7, 11) is 0. The number of hydrogen-bond donors (Lipinski definition) is 2. The van der Waals surface area contributed by atoms with Crippen molar-refractivity contribution < 1.29 is 9.21 Å². The van der Waals surface area contributed by atoms with Gasteiger partial charge in [-0.05, 0) is 29.8 Å². The zero-order valence-corrected chi connectivity index (χ0v) is 10.7. The number of fused-ring (bicyclic) bond motifs is 1. The first kappa shape index (κ1) is 12.2. The molecule has 0 radical (unpaired) electrons. The molecular formula is C15H13N3O2. The van der Waals surface area contributed by atoms with E-state index in [1.807, 2.05) is 48.5 Å². The Labute approximate surface area is 115 Å². The van der Waals surface area contributed by atoms with Gasteiger partial charge in [0.05, 0.1) is 6.42 Å². The molecule has 3 N–H and O–H groups in total. The highest BCUT2D eigenvalue weighted by molar-refractivity contribution is 5.77. The first-order valence-electron chi connectivity index (χ1n) is 6.20. The molecule has 0 aliphatic heterocycles. The van der Waals surface area contributed by atoms with Crippen LogP contribution in [-0.2, 0) is 11.2 Å². The Balaban J connectivity index is 1.78. The molecule has 20 heavy (non-hydrogen) atoms. The summed E-state index contributed by atoms with van der Waals surface area (Å²) in [5, 5.41) is 3.08. The minimum atomic E-state index is -0.343. The van der Waals surface area contributed by atoms with Crippen LogP contribution in [-0.4, -0.2) is 10.9 Å². The van der Waals surface area contributed by atoms with E-state index in [2.05, 4.69) is 10.3 Å². The Morgan fingerprint density at radius 1 is 1.15 bits per heavy atom. The number of nitrogens with one attached hydrogen (secondary N) is 1. The number of oxazole rings is 1. The lowest BCUT2D eigenvalue weighted by atomic mass is 10.1. The van der Waals surface area contributed by atoms with E-state index in [0.717, 1.165) is 22.4 Å². The maximum absolute atomic E-state index is 10.8. The molecule has 0 aliphatic carbocycles. The largest absolute Gasteiger partial charge is 0.423 e. The number of carbonyl (C=O) groups excluding carboxylic acids is 1. The molecule has 100 valence electrons. The number of primary amides is 1. The van der Waals surface area contributed by atoms with Gasteiger partial charge in [-0.15, -0.1) is 0 Å². The molecule has 3 aromatic rings. The highest BCUT2D eigenvalue weighted by Crippen LogP contribution is 2.21. The SMILES string of the molecule is NC(=O)Cc1ccc(Nc2nc3ccccc3o2)cc1. The first-order chi connectivity index (χ1) is 9.70. The molecule has 0 atom stereocenters. The zero-order valence-electron chi connectivity index (χ0n) is 10.7. The standard InChI is InChI=1S/C15H13N3O2/c16-14(19)9-10-5-7-11(8-6-10)17-15-18-12-3-1-2-4-13(12)20-15/h1-8H,9H2,(H2,16,19)(H,17,18). The van der Waals surface area contributed by atoms with Crippen LogP contribution in [0.15, 0.2) is 52.9 Å². The molecule has 5 nitrogen and oxygen atoms in total. The van der Waals surface area contributed by atoms with Crippen molar-refractivity contribution in [1.29, 1.82) is 0 Å². The summed E-state index contributed by atoms with van der Waals surface area (Å²) in [6.07, 6.45) is 0.239. The number of carbonyl (C=O) groups is 1. The summed E-state index contributed by atoms with van der Waals surface area (Å²) in [5.41, 5.74) is 8.41. The van der Waals surface area contributed by atoms with Crippen LogP contribution < -0.4 is 11.1 Å². The Bertz CT molecular complexity index is 714. The zero-order chi connectivity index (χ0) is 13.9. The summed E-state index contributed by atoms with van der Waals surface area (Å²) < 4.78 is 5.57. The number of rotatable bonds is 4. The molecule has 0 fully saturated rings. The summed E-state index contributed by atoms with van der Waals surface area (Å²) in [4.78, 5) is 15.2. The van der Waals surface area contributed by atoms with E-state index in [1.165, 1.54) is 0 Å². The normalized spacial score (nSPS) is 10.6. The number of anilines is 2. The van der Waals surface area contributed by atoms with Gasteiger partial charge in [-0.3, -0.25) is 4.79 Å². The average molecular weight is 267 g/mol. The van der Waals surface area contributed by atoms with Gasteiger partial charge in [0.25, 0.3) is 6.01 Å². The lowest BCUT2D eigenvalue weighted by molar-refractivity contribution is -0.117. The van der Waals surface area contributed by atoms with E-state index in [4.69, 9.17) is 10.2 Å². The second kappa shape index (κ2) is 5.05. The predicted octanol–water partition coefficient (Wildman–Crippen LogP) is 2.60. The Kier molecular flexibility index (Phi) is 3.09. The number of para-hydroxylation sites is 2. The second-order valence-corrected chi connectivity index (χ2v) is 4.45. The molecule has 0 saturated carbocycles. The number of benzene rings is 2. The molecule has 0 saturated heterocycles. The van der Waals surface area contributed by atoms with Crippen LogP contribution in [0.2, 0.25) is 0 Å². The van der Waals surface area contributed by atoms with Crippen LogP contribution in [0.5, 0.6) is 0 Å². The monoisotopic (exact) mass is 267 g/mol. The molecular weight excluding hydrogens is 254 g/mol. The quantitative estimate of drug-likeness (QED) is 0.761. The summed E-state index contributed by atoms with van der Waals surface area (Å²) in [6.45, 7) is 0. The van der Waals surface area contributed by atoms with E-state index in [-0.39, 0.29) is 12.3 Å². The third-order valence-electron chi connectivity index (χ3n) is 2.88.